The summed E-state index contributed by atoms with van der Waals surface area (Å²) in [7, 11) is -2.54. The summed E-state index contributed by atoms with van der Waals surface area (Å²) in [5, 5.41) is 1.02. The van der Waals surface area contributed by atoms with Gasteiger partial charge in [0.15, 0.2) is 17.2 Å². The average molecular weight is 673 g/mol. The Bertz CT molecular complexity index is 1830. The van der Waals surface area contributed by atoms with E-state index in [4.69, 9.17) is 14.2 Å². The predicted molar refractivity (Wildman–Crippen MR) is 176 cm³/mol. The minimum Gasteiger partial charge on any atom is -0.499 e. The van der Waals surface area contributed by atoms with Gasteiger partial charge in [0.05, 0.1) is 12.0 Å². The Morgan fingerprint density at radius 1 is 0.809 bits per heavy atom. The molecule has 1 aliphatic rings. The van der Waals surface area contributed by atoms with Crippen LogP contribution in [0.15, 0.2) is 138 Å². The molecular weight excluding hydrogens is 641 g/mol. The van der Waals surface area contributed by atoms with Crippen LogP contribution in [-0.4, -0.2) is 49.3 Å². The highest BCUT2D eigenvalue weighted by Crippen LogP contribution is 2.47. The average Bonchev–Trinajstić information content (AvgIpc) is 3.09. The van der Waals surface area contributed by atoms with Crippen molar-refractivity contribution in [2.75, 3.05) is 7.11 Å². The van der Waals surface area contributed by atoms with Gasteiger partial charge in [0.1, 0.15) is 11.5 Å². The van der Waals surface area contributed by atoms with E-state index in [1.807, 2.05) is 12.1 Å². The number of likely N-dealkylation sites (tertiary alicyclic amines) is 1. The molecule has 0 radical (unpaired) electrons. The number of carbonyl (C=O) groups is 3. The number of carbonyl (C=O) groups excluding carboxylic acids is 3. The predicted octanol–water partition coefficient (Wildman–Crippen LogP) is 5.40. The molecule has 4 aromatic carbocycles. The van der Waals surface area contributed by atoms with Crippen molar-refractivity contribution in [3.8, 4) is 5.75 Å². The number of β-lactam (4-membered cyclic amide) rings is 1. The van der Waals surface area contributed by atoms with Gasteiger partial charge in [-0.3, -0.25) is 14.5 Å². The number of ether oxygens (including phenoxy) is 3. The minimum atomic E-state index is -4.20. The monoisotopic (exact) mass is 672 g/mol. The molecule has 47 heavy (non-hydrogen) atoms. The van der Waals surface area contributed by atoms with Crippen LogP contribution in [-0.2, 0) is 32.7 Å². The Hall–Kier alpha value is -5.07. The Balaban J connectivity index is 1.61. The van der Waals surface area contributed by atoms with Gasteiger partial charge in [0.25, 0.3) is 11.6 Å². The summed E-state index contributed by atoms with van der Waals surface area (Å²) in [6.07, 6.45) is -0.888. The number of hydrogen-bond acceptors (Lipinski definition) is 9. The maximum atomic E-state index is 14.3. The van der Waals surface area contributed by atoms with Gasteiger partial charge in [0.2, 0.25) is 14.8 Å². The van der Waals surface area contributed by atoms with Crippen molar-refractivity contribution in [1.82, 2.24) is 10.2 Å². The van der Waals surface area contributed by atoms with Crippen LogP contribution >= 0.6 is 10.8 Å². The van der Waals surface area contributed by atoms with Crippen molar-refractivity contribution in [3.63, 3.8) is 0 Å². The number of nitrogens with one attached hydrogen (secondary N) is 1. The van der Waals surface area contributed by atoms with Crippen LogP contribution in [0.25, 0.3) is 0 Å². The molecule has 1 N–H and O–H groups in total. The number of methoxy groups -OCH3 is 1. The molecule has 0 bridgehead atoms. The summed E-state index contributed by atoms with van der Waals surface area (Å²) in [5.74, 6) is -2.38. The number of esters is 1. The van der Waals surface area contributed by atoms with Gasteiger partial charge in [-0.2, -0.15) is 0 Å². The first-order chi connectivity index (χ1) is 22.6. The van der Waals surface area contributed by atoms with Gasteiger partial charge < -0.3 is 19.5 Å². The lowest BCUT2D eigenvalue weighted by Gasteiger charge is -2.53. The number of benzene rings is 4. The van der Waals surface area contributed by atoms with E-state index < -0.39 is 43.9 Å². The fraction of sp³-hybridized carbons (Fsp3) is 0.171. The molecule has 0 aliphatic carbocycles. The highest BCUT2D eigenvalue weighted by molar-refractivity contribution is 8.72. The summed E-state index contributed by atoms with van der Waals surface area (Å²) in [6, 6.07) is 33.8. The fourth-order valence-electron chi connectivity index (χ4n) is 5.03. The first kappa shape index (κ1) is 33.3. The van der Waals surface area contributed by atoms with Gasteiger partial charge in [0, 0.05) is 17.7 Å². The van der Waals surface area contributed by atoms with E-state index in [0.717, 1.165) is 4.90 Å². The number of rotatable bonds is 12. The maximum absolute atomic E-state index is 14.3. The Labute approximate surface area is 276 Å². The molecule has 1 saturated heterocycles. The number of amides is 2. The molecule has 4 aromatic rings. The molecule has 242 valence electrons. The van der Waals surface area contributed by atoms with Crippen LogP contribution in [0.5, 0.6) is 5.75 Å². The van der Waals surface area contributed by atoms with Crippen LogP contribution in [0.4, 0.5) is 0 Å². The molecule has 5 rings (SSSR count). The number of nitrogens with zero attached hydrogens (tertiary/aromatic N) is 1. The third-order valence-corrected chi connectivity index (χ3v) is 11.0. The standard InChI is InChI=1S/C35H32N2O8S2/c1-24(43-3)30(32(39)44-31(26-16-8-4-9-17-26)27-18-10-5-11-19-27)37-33(40)35(36-25(2)38,45-28-20-12-6-13-21-28)34(37)46-47(41,42)29-22-14-7-15-23-29/h4-23,31,34H,1-3H3,(H,36,38)/b30-24+. The summed E-state index contributed by atoms with van der Waals surface area (Å²) >= 11 is 0. The molecule has 0 spiro atoms. The molecule has 0 saturated carbocycles. The molecule has 2 unspecified atom stereocenters. The third-order valence-electron chi connectivity index (χ3n) is 7.26. The molecule has 0 aromatic heterocycles. The minimum absolute atomic E-state index is 0.0259. The highest BCUT2D eigenvalue weighted by atomic mass is 33.1. The van der Waals surface area contributed by atoms with Crippen LogP contribution in [0.1, 0.15) is 31.1 Å². The van der Waals surface area contributed by atoms with Crippen molar-refractivity contribution in [2.45, 2.75) is 35.9 Å². The summed E-state index contributed by atoms with van der Waals surface area (Å²) in [4.78, 5) is 42.0. The van der Waals surface area contributed by atoms with Crippen molar-refractivity contribution in [2.24, 2.45) is 0 Å². The zero-order valence-electron chi connectivity index (χ0n) is 25.7. The topological polar surface area (TPSA) is 128 Å². The van der Waals surface area contributed by atoms with Crippen LogP contribution in [0, 0.1) is 0 Å². The number of para-hydroxylation sites is 1. The SMILES string of the molecule is CO/C(C)=C(\C(=O)OC(c1ccccc1)c1ccccc1)N1C(=O)C(NC(C)=O)(Oc2ccccc2)C1SS(=O)(=O)c1ccccc1. The third kappa shape index (κ3) is 7.03. The first-order valence-electron chi connectivity index (χ1n) is 14.5. The van der Waals surface area contributed by atoms with Gasteiger partial charge in [-0.15, -0.1) is 0 Å². The smallest absolute Gasteiger partial charge is 0.359 e. The fourth-order valence-corrected chi connectivity index (χ4v) is 8.55. The van der Waals surface area contributed by atoms with Gasteiger partial charge >= 0.3 is 5.97 Å². The molecule has 1 fully saturated rings. The van der Waals surface area contributed by atoms with E-state index in [0.29, 0.717) is 21.9 Å². The molecular formula is C35H32N2O8S2. The van der Waals surface area contributed by atoms with E-state index in [-0.39, 0.29) is 22.1 Å². The van der Waals surface area contributed by atoms with Gasteiger partial charge in [-0.25, -0.2) is 13.2 Å². The van der Waals surface area contributed by atoms with Crippen molar-refractivity contribution >= 4 is 37.4 Å². The Morgan fingerprint density at radius 2 is 1.30 bits per heavy atom. The van der Waals surface area contributed by atoms with Gasteiger partial charge in [-0.05, 0) is 42.3 Å². The van der Waals surface area contributed by atoms with E-state index in [1.165, 1.54) is 33.1 Å². The lowest BCUT2D eigenvalue weighted by atomic mass is 9.99. The van der Waals surface area contributed by atoms with Crippen molar-refractivity contribution in [1.29, 1.82) is 0 Å². The molecule has 12 heteroatoms. The van der Waals surface area contributed by atoms with E-state index in [2.05, 4.69) is 5.32 Å². The molecule has 2 atom stereocenters. The molecule has 1 aliphatic heterocycles. The van der Waals surface area contributed by atoms with Crippen molar-refractivity contribution in [3.05, 3.63) is 144 Å². The highest BCUT2D eigenvalue weighted by Gasteiger charge is 2.68. The summed E-state index contributed by atoms with van der Waals surface area (Å²) in [6.45, 7) is 2.63. The van der Waals surface area contributed by atoms with E-state index >= 15 is 0 Å². The lowest BCUT2D eigenvalue weighted by Crippen LogP contribution is -2.81. The van der Waals surface area contributed by atoms with Crippen LogP contribution < -0.4 is 10.1 Å². The quantitative estimate of drug-likeness (QED) is 0.0526. The zero-order chi connectivity index (χ0) is 33.6. The lowest BCUT2D eigenvalue weighted by molar-refractivity contribution is -0.181. The second kappa shape index (κ2) is 14.1. The molecule has 1 heterocycles. The first-order valence-corrected chi connectivity index (χ1v) is 17.4. The Kier molecular flexibility index (Phi) is 10.0. The maximum Gasteiger partial charge on any atom is 0.359 e. The van der Waals surface area contributed by atoms with E-state index in [9.17, 15) is 22.8 Å². The van der Waals surface area contributed by atoms with Crippen LogP contribution in [0.2, 0.25) is 0 Å². The normalized spacial score (nSPS) is 18.1. The molecule has 2 amide bonds. The van der Waals surface area contributed by atoms with Crippen molar-refractivity contribution < 1.29 is 37.0 Å². The van der Waals surface area contributed by atoms with Gasteiger partial charge in [-0.1, -0.05) is 97.1 Å². The summed E-state index contributed by atoms with van der Waals surface area (Å²) < 4.78 is 45.2. The molecule has 10 nitrogen and oxygen atoms in total. The van der Waals surface area contributed by atoms with E-state index in [1.54, 1.807) is 97.1 Å². The summed E-state index contributed by atoms with van der Waals surface area (Å²) in [5.41, 5.74) is -1.26. The largest absolute Gasteiger partial charge is 0.499 e. The van der Waals surface area contributed by atoms with Crippen LogP contribution in [0.3, 0.4) is 0 Å². The zero-order valence-corrected chi connectivity index (χ0v) is 27.4. The second-order valence-electron chi connectivity index (χ2n) is 10.4. The Morgan fingerprint density at radius 3 is 1.79 bits per heavy atom. The number of allylic oxidation sites excluding steroid dienone is 1. The number of hydrogen-bond donors (Lipinski definition) is 1. The second-order valence-corrected chi connectivity index (χ2v) is 14.4.